The third kappa shape index (κ3) is 7.03. The van der Waals surface area contributed by atoms with Crippen molar-refractivity contribution in [3.8, 4) is 0 Å². The standard InChI is InChI=1S/C18H28O4/c1-2-16-14(11-13-17(16)20)10-12-15(19)8-6-4-3-5-7-9-18(21)22/h10-16,19H,2-9H2,1H3,(H,21,22)/b12-10+/t14-,15-,16-/m0/s1. The highest BCUT2D eigenvalue weighted by molar-refractivity contribution is 5.94. The van der Waals surface area contributed by atoms with E-state index in [1.807, 2.05) is 19.1 Å². The second-order valence-electron chi connectivity index (χ2n) is 6.01. The molecule has 0 saturated carbocycles. The second-order valence-corrected chi connectivity index (χ2v) is 6.01. The first kappa shape index (κ1) is 18.6. The zero-order valence-electron chi connectivity index (χ0n) is 13.4. The largest absolute Gasteiger partial charge is 0.481 e. The first-order valence-electron chi connectivity index (χ1n) is 8.34. The summed E-state index contributed by atoms with van der Waals surface area (Å²) in [5.74, 6) is -0.376. The first-order chi connectivity index (χ1) is 10.5. The molecule has 22 heavy (non-hydrogen) atoms. The lowest BCUT2D eigenvalue weighted by Crippen LogP contribution is -2.13. The van der Waals surface area contributed by atoms with Gasteiger partial charge in [-0.25, -0.2) is 0 Å². The Balaban J connectivity index is 2.12. The van der Waals surface area contributed by atoms with Gasteiger partial charge in [0.1, 0.15) is 0 Å². The molecule has 0 heterocycles. The molecule has 2 N–H and O–H groups in total. The maximum absolute atomic E-state index is 11.6. The van der Waals surface area contributed by atoms with Gasteiger partial charge in [0.15, 0.2) is 5.78 Å². The van der Waals surface area contributed by atoms with E-state index in [0.717, 1.165) is 44.9 Å². The Morgan fingerprint density at radius 2 is 1.95 bits per heavy atom. The van der Waals surface area contributed by atoms with Crippen LogP contribution in [0.4, 0.5) is 0 Å². The van der Waals surface area contributed by atoms with Gasteiger partial charge in [-0.05, 0) is 25.3 Å². The molecule has 0 fully saturated rings. The number of carbonyl (C=O) groups excluding carboxylic acids is 1. The molecule has 0 radical (unpaired) electrons. The van der Waals surface area contributed by atoms with E-state index in [2.05, 4.69) is 0 Å². The van der Waals surface area contributed by atoms with Gasteiger partial charge in [0.05, 0.1) is 6.10 Å². The highest BCUT2D eigenvalue weighted by atomic mass is 16.4. The monoisotopic (exact) mass is 308 g/mol. The Labute approximate surface area is 132 Å². The minimum Gasteiger partial charge on any atom is -0.481 e. The fourth-order valence-electron chi connectivity index (χ4n) is 2.84. The smallest absolute Gasteiger partial charge is 0.303 e. The van der Waals surface area contributed by atoms with Gasteiger partial charge in [-0.15, -0.1) is 0 Å². The molecule has 0 aromatic heterocycles. The Morgan fingerprint density at radius 3 is 2.64 bits per heavy atom. The topological polar surface area (TPSA) is 74.6 Å². The van der Waals surface area contributed by atoms with E-state index in [0.29, 0.717) is 0 Å². The fraction of sp³-hybridized carbons (Fsp3) is 0.667. The number of hydrogen-bond acceptors (Lipinski definition) is 3. The van der Waals surface area contributed by atoms with Gasteiger partial charge in [0, 0.05) is 18.3 Å². The van der Waals surface area contributed by atoms with Gasteiger partial charge in [-0.3, -0.25) is 9.59 Å². The minimum atomic E-state index is -0.731. The number of carboxylic acids is 1. The predicted molar refractivity (Wildman–Crippen MR) is 86.5 cm³/mol. The number of ketones is 1. The van der Waals surface area contributed by atoms with Crippen LogP contribution in [-0.4, -0.2) is 28.1 Å². The molecule has 1 rings (SSSR count). The van der Waals surface area contributed by atoms with Crippen LogP contribution in [0.5, 0.6) is 0 Å². The van der Waals surface area contributed by atoms with Crippen molar-refractivity contribution in [3.05, 3.63) is 24.3 Å². The molecule has 1 aliphatic carbocycles. The first-order valence-corrected chi connectivity index (χ1v) is 8.34. The van der Waals surface area contributed by atoms with Gasteiger partial charge in [0.25, 0.3) is 0 Å². The molecule has 0 spiro atoms. The van der Waals surface area contributed by atoms with E-state index in [9.17, 15) is 14.7 Å². The van der Waals surface area contributed by atoms with E-state index >= 15 is 0 Å². The molecule has 4 nitrogen and oxygen atoms in total. The number of carbonyl (C=O) groups is 2. The number of aliphatic carboxylic acids is 1. The lowest BCUT2D eigenvalue weighted by atomic mass is 9.91. The SMILES string of the molecule is CC[C@@H]1C(=O)C=C[C@@H]1/C=C/[C@@H](O)CCCCCCCC(=O)O. The molecular formula is C18H28O4. The Morgan fingerprint density at radius 1 is 1.27 bits per heavy atom. The molecule has 0 aliphatic heterocycles. The van der Waals surface area contributed by atoms with E-state index in [1.54, 1.807) is 12.2 Å². The van der Waals surface area contributed by atoms with Crippen molar-refractivity contribution in [1.82, 2.24) is 0 Å². The van der Waals surface area contributed by atoms with E-state index in [4.69, 9.17) is 5.11 Å². The summed E-state index contributed by atoms with van der Waals surface area (Å²) in [4.78, 5) is 21.9. The van der Waals surface area contributed by atoms with Crippen LogP contribution in [-0.2, 0) is 9.59 Å². The molecule has 0 saturated heterocycles. The van der Waals surface area contributed by atoms with Crippen LogP contribution < -0.4 is 0 Å². The summed E-state index contributed by atoms with van der Waals surface area (Å²) in [7, 11) is 0. The molecule has 1 aliphatic rings. The summed E-state index contributed by atoms with van der Waals surface area (Å²) in [6, 6.07) is 0. The Bertz CT molecular complexity index is 411. The normalized spacial score (nSPS) is 22.5. The molecule has 0 aromatic carbocycles. The molecule has 0 unspecified atom stereocenters. The molecule has 0 aromatic rings. The Hall–Kier alpha value is -1.42. The summed E-state index contributed by atoms with van der Waals surface area (Å²) in [6.45, 7) is 2.01. The van der Waals surface area contributed by atoms with Crippen molar-refractivity contribution in [2.24, 2.45) is 11.8 Å². The summed E-state index contributed by atoms with van der Waals surface area (Å²) >= 11 is 0. The quantitative estimate of drug-likeness (QED) is 0.452. The highest BCUT2D eigenvalue weighted by Gasteiger charge is 2.26. The van der Waals surface area contributed by atoms with Crippen LogP contribution in [0.15, 0.2) is 24.3 Å². The molecule has 124 valence electrons. The van der Waals surface area contributed by atoms with Crippen molar-refractivity contribution in [2.75, 3.05) is 0 Å². The summed E-state index contributed by atoms with van der Waals surface area (Å²) in [6.07, 6.45) is 13.3. The van der Waals surface area contributed by atoms with Crippen molar-refractivity contribution in [1.29, 1.82) is 0 Å². The zero-order valence-corrected chi connectivity index (χ0v) is 13.4. The number of carboxylic acid groups (broad SMARTS) is 1. The van der Waals surface area contributed by atoms with Gasteiger partial charge in [0.2, 0.25) is 0 Å². The Kier molecular flexibility index (Phi) is 8.75. The molecule has 0 bridgehead atoms. The van der Waals surface area contributed by atoms with E-state index in [-0.39, 0.29) is 24.0 Å². The van der Waals surface area contributed by atoms with Crippen LogP contribution in [0, 0.1) is 11.8 Å². The van der Waals surface area contributed by atoms with Gasteiger partial charge < -0.3 is 10.2 Å². The summed E-state index contributed by atoms with van der Waals surface area (Å²) in [5.41, 5.74) is 0. The van der Waals surface area contributed by atoms with Crippen molar-refractivity contribution in [2.45, 2.75) is 64.4 Å². The predicted octanol–water partition coefficient (Wildman–Crippen LogP) is 3.50. The van der Waals surface area contributed by atoms with E-state index < -0.39 is 12.1 Å². The van der Waals surface area contributed by atoms with Crippen molar-refractivity contribution < 1.29 is 19.8 Å². The lowest BCUT2D eigenvalue weighted by Gasteiger charge is -2.13. The number of rotatable bonds is 11. The fourth-order valence-corrected chi connectivity index (χ4v) is 2.84. The van der Waals surface area contributed by atoms with Crippen LogP contribution in [0.3, 0.4) is 0 Å². The van der Waals surface area contributed by atoms with Crippen molar-refractivity contribution >= 4 is 11.8 Å². The maximum Gasteiger partial charge on any atom is 0.303 e. The third-order valence-electron chi connectivity index (χ3n) is 4.20. The molecule has 0 amide bonds. The van der Waals surface area contributed by atoms with Crippen LogP contribution in [0.25, 0.3) is 0 Å². The average molecular weight is 308 g/mol. The van der Waals surface area contributed by atoms with Crippen LogP contribution >= 0.6 is 0 Å². The zero-order chi connectivity index (χ0) is 16.4. The maximum atomic E-state index is 11.6. The molecule has 3 atom stereocenters. The number of unbranched alkanes of at least 4 members (excludes halogenated alkanes) is 4. The molecular weight excluding hydrogens is 280 g/mol. The number of hydrogen-bond donors (Lipinski definition) is 2. The van der Waals surface area contributed by atoms with Crippen LogP contribution in [0.2, 0.25) is 0 Å². The number of aliphatic hydroxyl groups excluding tert-OH is 1. The summed E-state index contributed by atoms with van der Waals surface area (Å²) in [5, 5.41) is 18.5. The summed E-state index contributed by atoms with van der Waals surface area (Å²) < 4.78 is 0. The van der Waals surface area contributed by atoms with Crippen LogP contribution in [0.1, 0.15) is 58.3 Å². The average Bonchev–Trinajstić information content (AvgIpc) is 2.83. The minimum absolute atomic E-state index is 0.0395. The third-order valence-corrected chi connectivity index (χ3v) is 4.20. The number of aliphatic hydroxyl groups is 1. The van der Waals surface area contributed by atoms with Gasteiger partial charge >= 0.3 is 5.97 Å². The highest BCUT2D eigenvalue weighted by Crippen LogP contribution is 2.26. The van der Waals surface area contributed by atoms with E-state index in [1.165, 1.54) is 0 Å². The van der Waals surface area contributed by atoms with Crippen molar-refractivity contribution in [3.63, 3.8) is 0 Å². The lowest BCUT2D eigenvalue weighted by molar-refractivity contribution is -0.137. The van der Waals surface area contributed by atoms with Gasteiger partial charge in [-0.2, -0.15) is 0 Å². The van der Waals surface area contributed by atoms with Gasteiger partial charge in [-0.1, -0.05) is 50.8 Å². The number of allylic oxidation sites excluding steroid dienone is 3. The molecule has 4 heteroatoms. The second kappa shape index (κ2) is 10.3.